The molecule has 2 fully saturated rings. The number of piperidine rings is 1. The third kappa shape index (κ3) is 5.60. The number of hydrogen-bond acceptors (Lipinski definition) is 6. The monoisotopic (exact) mass is 403 g/mol. The zero-order valence-corrected chi connectivity index (χ0v) is 16.4. The molecule has 27 heavy (non-hydrogen) atoms. The lowest BCUT2D eigenvalue weighted by atomic mass is 10.0. The molecule has 1 unspecified atom stereocenters. The number of ether oxygens (including phenoxy) is 1. The number of amides is 1. The maximum Gasteiger partial charge on any atom is 0.306 e. The number of nitrogens with one attached hydrogen (secondary N) is 1. The van der Waals surface area contributed by atoms with Crippen molar-refractivity contribution in [3.05, 3.63) is 17.5 Å². The van der Waals surface area contributed by atoms with Crippen LogP contribution in [0.15, 0.2) is 10.6 Å². The molecule has 1 aromatic heterocycles. The van der Waals surface area contributed by atoms with Crippen LogP contribution in [0.5, 0.6) is 0 Å². The summed E-state index contributed by atoms with van der Waals surface area (Å²) in [7, 11) is 0.0990. The van der Waals surface area contributed by atoms with E-state index in [2.05, 4.69) is 15.2 Å². The summed E-state index contributed by atoms with van der Waals surface area (Å²) in [6.45, 7) is 2.59. The van der Waals surface area contributed by atoms with Gasteiger partial charge in [0.1, 0.15) is 5.76 Å². The summed E-state index contributed by atoms with van der Waals surface area (Å²) in [5.41, 5.74) is 0.323. The number of hydrogen-bond donors (Lipinski definition) is 1. The molecule has 154 valence electrons. The Bertz CT molecular complexity index is 696. The molecule has 1 saturated heterocycles. The van der Waals surface area contributed by atoms with Crippen LogP contribution in [0.3, 0.4) is 0 Å². The topological polar surface area (TPSA) is 133 Å². The molecule has 3 N–H and O–H groups in total. The van der Waals surface area contributed by atoms with Crippen molar-refractivity contribution >= 4 is 22.9 Å². The average Bonchev–Trinajstić information content (AvgIpc) is 3.36. The van der Waals surface area contributed by atoms with E-state index in [9.17, 15) is 13.8 Å². The highest BCUT2D eigenvalue weighted by Crippen LogP contribution is 2.40. The summed E-state index contributed by atoms with van der Waals surface area (Å²) < 4.78 is 24.1. The number of carbonyl (C=O) groups excluding carboxylic acids is 2. The maximum absolute atomic E-state index is 12.4. The Kier molecular flexibility index (Phi) is 7.51. The normalized spacial score (nSPS) is 23.9. The fourth-order valence-corrected chi connectivity index (χ4v) is 4.56. The van der Waals surface area contributed by atoms with Gasteiger partial charge >= 0.3 is 5.97 Å². The molecule has 3 atom stereocenters. The van der Waals surface area contributed by atoms with Crippen molar-refractivity contribution in [2.24, 2.45) is 0 Å². The minimum Gasteiger partial charge on any atom is -0.469 e. The number of esters is 1. The third-order valence-electron chi connectivity index (χ3n) is 4.86. The van der Waals surface area contributed by atoms with Gasteiger partial charge in [-0.1, -0.05) is 5.16 Å². The van der Waals surface area contributed by atoms with E-state index in [1.165, 1.54) is 7.11 Å². The molecular formula is C17H29N3O6S. The maximum atomic E-state index is 12.4. The SMILES string of the molecule is COC(=O)CCS(=O)N1CC[C@@H](NC(=O)c2cc(C3CC3)on2)C[C@H]1C.O.[HH]. The highest BCUT2D eigenvalue weighted by molar-refractivity contribution is 7.82. The van der Waals surface area contributed by atoms with Crippen LogP contribution in [-0.2, 0) is 20.5 Å². The standard InChI is InChI=1S/C17H25N3O5S.H2O.H2/c1-11-9-13(5-7-20(11)26(23)8-6-16(21)24-2)18-17(22)14-10-15(25-19-14)12-3-4-12;;/h10-13H,3-9H2,1-2H3,(H,18,22);1H2;1H/t11-,13-,26?;;/m1../s1. The first-order valence-corrected chi connectivity index (χ1v) is 10.2. The van der Waals surface area contributed by atoms with Gasteiger partial charge in [0.25, 0.3) is 5.91 Å². The second-order valence-corrected chi connectivity index (χ2v) is 8.45. The summed E-state index contributed by atoms with van der Waals surface area (Å²) in [5.74, 6) is 0.896. The van der Waals surface area contributed by atoms with E-state index < -0.39 is 11.0 Å². The highest BCUT2D eigenvalue weighted by Gasteiger charge is 2.32. The Morgan fingerprint density at radius 2 is 2.19 bits per heavy atom. The summed E-state index contributed by atoms with van der Waals surface area (Å²) in [6, 6.07) is 1.78. The Morgan fingerprint density at radius 3 is 2.81 bits per heavy atom. The van der Waals surface area contributed by atoms with E-state index >= 15 is 0 Å². The van der Waals surface area contributed by atoms with Crippen molar-refractivity contribution in [2.75, 3.05) is 19.4 Å². The lowest BCUT2D eigenvalue weighted by molar-refractivity contribution is -0.140. The van der Waals surface area contributed by atoms with Crippen LogP contribution in [0, 0.1) is 0 Å². The van der Waals surface area contributed by atoms with Crippen LogP contribution in [0.4, 0.5) is 0 Å². The molecule has 1 saturated carbocycles. The van der Waals surface area contributed by atoms with Gasteiger partial charge in [0.05, 0.1) is 24.5 Å². The molecule has 0 spiro atoms. The Hall–Kier alpha value is -1.78. The van der Waals surface area contributed by atoms with Crippen molar-refractivity contribution in [1.29, 1.82) is 0 Å². The van der Waals surface area contributed by atoms with Crippen LogP contribution in [0.2, 0.25) is 0 Å². The van der Waals surface area contributed by atoms with Crippen LogP contribution >= 0.6 is 0 Å². The number of nitrogens with zero attached hydrogens (tertiary/aromatic N) is 2. The summed E-state index contributed by atoms with van der Waals surface area (Å²) in [5, 5.41) is 6.86. The van der Waals surface area contributed by atoms with Crippen LogP contribution in [0.25, 0.3) is 0 Å². The van der Waals surface area contributed by atoms with Gasteiger partial charge in [-0.05, 0) is 32.6 Å². The van der Waals surface area contributed by atoms with Gasteiger partial charge in [-0.15, -0.1) is 0 Å². The first-order valence-electron chi connectivity index (χ1n) is 8.97. The Labute approximate surface area is 162 Å². The van der Waals surface area contributed by atoms with E-state index in [1.807, 2.05) is 11.2 Å². The van der Waals surface area contributed by atoms with Crippen LogP contribution in [0.1, 0.15) is 62.6 Å². The van der Waals surface area contributed by atoms with Gasteiger partial charge in [-0.2, -0.15) is 0 Å². The molecule has 1 aliphatic heterocycles. The van der Waals surface area contributed by atoms with Gasteiger partial charge < -0.3 is 20.1 Å². The molecule has 1 aliphatic carbocycles. The average molecular weight is 404 g/mol. The first kappa shape index (κ1) is 21.5. The summed E-state index contributed by atoms with van der Waals surface area (Å²) in [4.78, 5) is 23.5. The number of aromatic nitrogens is 1. The molecule has 2 aliphatic rings. The van der Waals surface area contributed by atoms with Crippen LogP contribution in [-0.4, -0.2) is 62.5 Å². The van der Waals surface area contributed by atoms with Gasteiger partial charge in [0, 0.05) is 37.8 Å². The quantitative estimate of drug-likeness (QED) is 0.669. The van der Waals surface area contributed by atoms with E-state index in [0.717, 1.165) is 18.6 Å². The molecule has 1 aromatic rings. The zero-order valence-electron chi connectivity index (χ0n) is 15.6. The van der Waals surface area contributed by atoms with Gasteiger partial charge in [-0.3, -0.25) is 9.59 Å². The largest absolute Gasteiger partial charge is 0.469 e. The van der Waals surface area contributed by atoms with Gasteiger partial charge in [0.15, 0.2) is 5.69 Å². The van der Waals surface area contributed by atoms with Gasteiger partial charge in [-0.25, -0.2) is 8.51 Å². The Morgan fingerprint density at radius 1 is 1.44 bits per heavy atom. The first-order chi connectivity index (χ1) is 12.5. The van der Waals surface area contributed by atoms with Crippen molar-refractivity contribution in [3.8, 4) is 0 Å². The minimum atomic E-state index is -1.22. The van der Waals surface area contributed by atoms with Crippen molar-refractivity contribution in [3.63, 3.8) is 0 Å². The van der Waals surface area contributed by atoms with Crippen molar-refractivity contribution in [2.45, 2.75) is 57.0 Å². The number of methoxy groups -OCH3 is 1. The second kappa shape index (κ2) is 9.43. The molecule has 10 heteroatoms. The third-order valence-corrected chi connectivity index (χ3v) is 6.48. The van der Waals surface area contributed by atoms with Crippen molar-refractivity contribution < 1.29 is 30.0 Å². The molecule has 2 heterocycles. The Balaban J connectivity index is 0.00000196. The van der Waals surface area contributed by atoms with E-state index in [0.29, 0.717) is 31.0 Å². The molecule has 1 amide bonds. The number of rotatable bonds is 7. The summed E-state index contributed by atoms with van der Waals surface area (Å²) in [6.07, 6.45) is 3.73. The fourth-order valence-electron chi connectivity index (χ4n) is 3.19. The van der Waals surface area contributed by atoms with E-state index in [-0.39, 0.29) is 43.0 Å². The van der Waals surface area contributed by atoms with Gasteiger partial charge in [0.2, 0.25) is 0 Å². The molecule has 3 rings (SSSR count). The lowest BCUT2D eigenvalue weighted by Crippen LogP contribution is -2.49. The number of carbonyl (C=O) groups is 2. The molecule has 0 radical (unpaired) electrons. The molecule has 9 nitrogen and oxygen atoms in total. The molecule has 0 bridgehead atoms. The smallest absolute Gasteiger partial charge is 0.306 e. The zero-order chi connectivity index (χ0) is 18.7. The molecular weight excluding hydrogens is 374 g/mol. The van der Waals surface area contributed by atoms with Crippen molar-refractivity contribution in [1.82, 2.24) is 14.8 Å². The highest BCUT2D eigenvalue weighted by atomic mass is 32.2. The predicted octanol–water partition coefficient (Wildman–Crippen LogP) is 0.783. The predicted molar refractivity (Wildman–Crippen MR) is 101 cm³/mol. The fraction of sp³-hybridized carbons (Fsp3) is 0.706. The second-order valence-electron chi connectivity index (χ2n) is 6.93. The minimum absolute atomic E-state index is 0. The van der Waals surface area contributed by atoms with E-state index in [4.69, 9.17) is 4.52 Å². The molecule has 0 aromatic carbocycles. The van der Waals surface area contributed by atoms with E-state index in [1.54, 1.807) is 6.07 Å². The lowest BCUT2D eigenvalue weighted by Gasteiger charge is -2.36. The van der Waals surface area contributed by atoms with Crippen LogP contribution < -0.4 is 5.32 Å². The summed E-state index contributed by atoms with van der Waals surface area (Å²) >= 11 is 0.